The van der Waals surface area contributed by atoms with Gasteiger partial charge in [-0.3, -0.25) is 19.7 Å². The Morgan fingerprint density at radius 3 is 2.58 bits per heavy atom. The quantitative estimate of drug-likeness (QED) is 0.165. The molecule has 10 heteroatoms. The molecule has 4 aromatic rings. The lowest BCUT2D eigenvalue weighted by Crippen LogP contribution is -2.21. The number of nitrogens with zero attached hydrogens (tertiary/aromatic N) is 3. The monoisotopic (exact) mass is 540 g/mol. The molecule has 1 amide bonds. The molecule has 1 heterocycles. The van der Waals surface area contributed by atoms with Gasteiger partial charge in [0, 0.05) is 48.9 Å². The zero-order valence-corrected chi connectivity index (χ0v) is 22.9. The summed E-state index contributed by atoms with van der Waals surface area (Å²) in [7, 11) is 3.21. The number of aryl methyl sites for hydroxylation is 2. The highest BCUT2D eigenvalue weighted by molar-refractivity contribution is 6.06. The van der Waals surface area contributed by atoms with Crippen molar-refractivity contribution in [3.05, 3.63) is 104 Å². The number of carbonyl (C=O) groups is 1. The smallest absolute Gasteiger partial charge is 0.294 e. The van der Waals surface area contributed by atoms with E-state index in [-0.39, 0.29) is 17.4 Å². The van der Waals surface area contributed by atoms with E-state index >= 15 is 0 Å². The fourth-order valence-electron chi connectivity index (χ4n) is 4.49. The highest BCUT2D eigenvalue weighted by Gasteiger charge is 2.18. The number of nitro benzene ring substituents is 1. The summed E-state index contributed by atoms with van der Waals surface area (Å²) in [5.41, 5.74) is 4.49. The summed E-state index contributed by atoms with van der Waals surface area (Å²) in [6.45, 7) is 4.00. The Kier molecular flexibility index (Phi) is 8.58. The second kappa shape index (κ2) is 12.2. The van der Waals surface area contributed by atoms with Crippen LogP contribution < -0.4 is 21.5 Å². The number of benzene rings is 3. The van der Waals surface area contributed by atoms with Crippen LogP contribution in [0.25, 0.3) is 11.3 Å². The summed E-state index contributed by atoms with van der Waals surface area (Å²) in [6.07, 6.45) is 4.49. The fraction of sp³-hybridized carbons (Fsp3) is 0.233. The number of aromatic nitrogens is 2. The van der Waals surface area contributed by atoms with Crippen molar-refractivity contribution < 1.29 is 9.72 Å². The van der Waals surface area contributed by atoms with E-state index in [4.69, 9.17) is 0 Å². The van der Waals surface area contributed by atoms with Crippen LogP contribution in [0, 0.1) is 17.0 Å². The molecule has 0 saturated heterocycles. The van der Waals surface area contributed by atoms with E-state index in [1.165, 1.54) is 10.6 Å². The van der Waals surface area contributed by atoms with Gasteiger partial charge in [0.25, 0.3) is 17.2 Å². The van der Waals surface area contributed by atoms with Crippen LogP contribution in [-0.2, 0) is 13.5 Å². The molecule has 0 spiro atoms. The van der Waals surface area contributed by atoms with Crippen molar-refractivity contribution in [2.45, 2.75) is 33.1 Å². The Labute approximate surface area is 232 Å². The molecule has 206 valence electrons. The van der Waals surface area contributed by atoms with Crippen molar-refractivity contribution in [1.29, 1.82) is 0 Å². The summed E-state index contributed by atoms with van der Waals surface area (Å²) >= 11 is 0. The summed E-state index contributed by atoms with van der Waals surface area (Å²) in [6, 6.07) is 17.7. The molecule has 0 aliphatic heterocycles. The molecule has 0 saturated carbocycles. The van der Waals surface area contributed by atoms with Crippen molar-refractivity contribution in [3.8, 4) is 11.3 Å². The minimum atomic E-state index is -0.496. The lowest BCUT2D eigenvalue weighted by atomic mass is 10.0. The first-order chi connectivity index (χ1) is 19.2. The summed E-state index contributed by atoms with van der Waals surface area (Å²) < 4.78 is 1.40. The van der Waals surface area contributed by atoms with Crippen LogP contribution in [0.4, 0.5) is 28.6 Å². The summed E-state index contributed by atoms with van der Waals surface area (Å²) in [5, 5.41) is 20.2. The SMILES string of the molecule is CCCCc1ccccc1C(=O)Nc1cccc(-c2cn(C)c(=O)c(Nc3ccc(NC)c([N+](=O)[O-])c3)n2)c1C. The minimum Gasteiger partial charge on any atom is -0.383 e. The van der Waals surface area contributed by atoms with Crippen molar-refractivity contribution in [2.75, 3.05) is 23.0 Å². The van der Waals surface area contributed by atoms with Gasteiger partial charge in [0.1, 0.15) is 5.69 Å². The van der Waals surface area contributed by atoms with Gasteiger partial charge in [-0.2, -0.15) is 0 Å². The summed E-state index contributed by atoms with van der Waals surface area (Å²) in [5.74, 6) is -0.167. The first-order valence-corrected chi connectivity index (χ1v) is 13.0. The Morgan fingerprint density at radius 2 is 1.85 bits per heavy atom. The molecule has 1 aromatic heterocycles. The van der Waals surface area contributed by atoms with Crippen molar-refractivity contribution in [2.24, 2.45) is 7.05 Å². The normalized spacial score (nSPS) is 10.7. The average molecular weight is 541 g/mol. The molecule has 0 aliphatic carbocycles. The van der Waals surface area contributed by atoms with Crippen molar-refractivity contribution in [3.63, 3.8) is 0 Å². The van der Waals surface area contributed by atoms with E-state index in [2.05, 4.69) is 27.9 Å². The molecule has 3 aromatic carbocycles. The molecule has 0 aliphatic rings. The standard InChI is InChI=1S/C30H32N6O4/c1-5-6-10-20-11-7-8-12-23(20)29(37)34-24-14-9-13-22(19(24)2)26-18-35(4)30(38)28(33-26)32-21-15-16-25(31-3)27(17-21)36(39)40/h7-9,11-18,31H,5-6,10H2,1-4H3,(H,32,33)(H,34,37). The lowest BCUT2D eigenvalue weighted by molar-refractivity contribution is -0.383. The topological polar surface area (TPSA) is 131 Å². The molecule has 0 atom stereocenters. The Bertz CT molecular complexity index is 1630. The number of nitro groups is 1. The number of rotatable bonds is 10. The first kappa shape index (κ1) is 28.0. The zero-order valence-electron chi connectivity index (χ0n) is 22.9. The van der Waals surface area contributed by atoms with E-state index in [0.717, 1.165) is 36.0 Å². The zero-order chi connectivity index (χ0) is 28.8. The van der Waals surface area contributed by atoms with Gasteiger partial charge in [0.2, 0.25) is 0 Å². The molecule has 0 unspecified atom stereocenters. The molecule has 40 heavy (non-hydrogen) atoms. The summed E-state index contributed by atoms with van der Waals surface area (Å²) in [4.78, 5) is 41.7. The van der Waals surface area contributed by atoms with Gasteiger partial charge in [-0.15, -0.1) is 0 Å². The van der Waals surface area contributed by atoms with Gasteiger partial charge in [-0.25, -0.2) is 4.98 Å². The van der Waals surface area contributed by atoms with Crippen LogP contribution in [0.2, 0.25) is 0 Å². The third-order valence-corrected chi connectivity index (χ3v) is 6.72. The number of nitrogens with one attached hydrogen (secondary N) is 3. The van der Waals surface area contributed by atoms with Crippen LogP contribution in [0.3, 0.4) is 0 Å². The first-order valence-electron chi connectivity index (χ1n) is 13.0. The number of carbonyl (C=O) groups excluding carboxylic acids is 1. The maximum Gasteiger partial charge on any atom is 0.294 e. The number of anilines is 4. The lowest BCUT2D eigenvalue weighted by Gasteiger charge is -2.15. The maximum absolute atomic E-state index is 13.2. The second-order valence-electron chi connectivity index (χ2n) is 9.45. The average Bonchev–Trinajstić information content (AvgIpc) is 2.95. The van der Waals surface area contributed by atoms with Gasteiger partial charge < -0.3 is 20.5 Å². The van der Waals surface area contributed by atoms with Gasteiger partial charge in [0.05, 0.1) is 10.6 Å². The van der Waals surface area contributed by atoms with Crippen LogP contribution in [0.15, 0.2) is 71.7 Å². The predicted octanol–water partition coefficient (Wildman–Crippen LogP) is 6.04. The fourth-order valence-corrected chi connectivity index (χ4v) is 4.49. The van der Waals surface area contributed by atoms with Crippen LogP contribution in [0.5, 0.6) is 0 Å². The van der Waals surface area contributed by atoms with Crippen LogP contribution in [-0.4, -0.2) is 27.4 Å². The number of hydrogen-bond acceptors (Lipinski definition) is 7. The van der Waals surface area contributed by atoms with Gasteiger partial charge >= 0.3 is 0 Å². The molecule has 4 rings (SSSR count). The number of unbranched alkanes of at least 4 members (excludes halogenated alkanes) is 1. The van der Waals surface area contributed by atoms with E-state index in [0.29, 0.717) is 28.3 Å². The van der Waals surface area contributed by atoms with Crippen molar-refractivity contribution in [1.82, 2.24) is 9.55 Å². The Hall–Kier alpha value is -4.99. The largest absolute Gasteiger partial charge is 0.383 e. The number of amides is 1. The van der Waals surface area contributed by atoms with Gasteiger partial charge in [-0.05, 0) is 55.2 Å². The maximum atomic E-state index is 13.2. The highest BCUT2D eigenvalue weighted by atomic mass is 16.6. The predicted molar refractivity (Wildman–Crippen MR) is 159 cm³/mol. The van der Waals surface area contributed by atoms with Crippen molar-refractivity contribution >= 4 is 34.5 Å². The molecule has 3 N–H and O–H groups in total. The Balaban J connectivity index is 1.66. The molecule has 0 fully saturated rings. The van der Waals surface area contributed by atoms with Gasteiger partial charge in [0.15, 0.2) is 5.82 Å². The van der Waals surface area contributed by atoms with E-state index < -0.39 is 10.5 Å². The molecule has 0 radical (unpaired) electrons. The second-order valence-corrected chi connectivity index (χ2v) is 9.45. The van der Waals surface area contributed by atoms with E-state index in [1.54, 1.807) is 32.4 Å². The minimum absolute atomic E-state index is 0.0187. The van der Waals surface area contributed by atoms with Crippen LogP contribution >= 0.6 is 0 Å². The number of hydrogen-bond donors (Lipinski definition) is 3. The van der Waals surface area contributed by atoms with Crippen LogP contribution in [0.1, 0.15) is 41.3 Å². The Morgan fingerprint density at radius 1 is 1.07 bits per heavy atom. The third kappa shape index (κ3) is 6.01. The molecular formula is C30H32N6O4. The third-order valence-electron chi connectivity index (χ3n) is 6.72. The van der Waals surface area contributed by atoms with E-state index in [9.17, 15) is 19.7 Å². The molecular weight excluding hydrogens is 508 g/mol. The highest BCUT2D eigenvalue weighted by Crippen LogP contribution is 2.30. The van der Waals surface area contributed by atoms with Gasteiger partial charge in [-0.1, -0.05) is 43.7 Å². The van der Waals surface area contributed by atoms with E-state index in [1.807, 2.05) is 49.4 Å². The molecule has 0 bridgehead atoms. The molecule has 10 nitrogen and oxygen atoms in total.